The minimum Gasteiger partial charge on any atom is -0.388 e. The molecule has 1 fully saturated rings. The predicted octanol–water partition coefficient (Wildman–Crippen LogP) is 2.00. The number of anilines is 1. The molecule has 3 nitrogen and oxygen atoms in total. The summed E-state index contributed by atoms with van der Waals surface area (Å²) in [6, 6.07) is 7.07. The zero-order valence-corrected chi connectivity index (χ0v) is 11.1. The van der Waals surface area contributed by atoms with Gasteiger partial charge in [-0.3, -0.25) is 0 Å². The van der Waals surface area contributed by atoms with E-state index in [1.807, 2.05) is 7.05 Å². The lowest BCUT2D eigenvalue weighted by Crippen LogP contribution is -2.29. The Morgan fingerprint density at radius 1 is 1.41 bits per heavy atom. The van der Waals surface area contributed by atoms with Gasteiger partial charge in [-0.1, -0.05) is 17.7 Å². The summed E-state index contributed by atoms with van der Waals surface area (Å²) in [5.74, 6) is 0. The first-order valence-electron chi connectivity index (χ1n) is 6.41. The van der Waals surface area contributed by atoms with Crippen molar-refractivity contribution in [3.8, 4) is 0 Å². The third kappa shape index (κ3) is 2.99. The molecule has 0 aliphatic carbocycles. The summed E-state index contributed by atoms with van der Waals surface area (Å²) >= 11 is 0. The number of hydrogen-bond donors (Lipinski definition) is 2. The van der Waals surface area contributed by atoms with Gasteiger partial charge in [0.25, 0.3) is 0 Å². The molecule has 2 rings (SSSR count). The van der Waals surface area contributed by atoms with E-state index in [2.05, 4.69) is 47.7 Å². The molecule has 0 aromatic heterocycles. The van der Waals surface area contributed by atoms with Gasteiger partial charge < -0.3 is 15.5 Å². The highest BCUT2D eigenvalue weighted by molar-refractivity contribution is 5.53. The summed E-state index contributed by atoms with van der Waals surface area (Å²) in [6.45, 7) is 5.53. The zero-order chi connectivity index (χ0) is 12.3. The average molecular weight is 233 g/mol. The zero-order valence-electron chi connectivity index (χ0n) is 11.1. The second-order valence-corrected chi connectivity index (χ2v) is 4.96. The summed E-state index contributed by atoms with van der Waals surface area (Å²) < 4.78 is 0. The van der Waals surface area contributed by atoms with E-state index in [-0.39, 0.29) is 0 Å². The molecule has 1 aliphatic heterocycles. The van der Waals surface area contributed by atoms with Gasteiger partial charge in [0.15, 0.2) is 0 Å². The van der Waals surface area contributed by atoms with Crippen molar-refractivity contribution in [1.82, 2.24) is 10.2 Å². The smallest absolute Gasteiger partial charge is 0.0469 e. The van der Waals surface area contributed by atoms with Crippen molar-refractivity contribution in [3.63, 3.8) is 0 Å². The van der Waals surface area contributed by atoms with Crippen LogP contribution in [0.5, 0.6) is 0 Å². The topological polar surface area (TPSA) is 27.3 Å². The number of benzene rings is 1. The summed E-state index contributed by atoms with van der Waals surface area (Å²) in [7, 11) is 4.20. The van der Waals surface area contributed by atoms with Gasteiger partial charge in [0.05, 0.1) is 0 Å². The molecular weight excluding hydrogens is 210 g/mol. The third-order valence-electron chi connectivity index (χ3n) is 3.45. The molecule has 94 valence electrons. The van der Waals surface area contributed by atoms with E-state index < -0.39 is 0 Å². The standard InChI is InChI=1S/C14H23N3/c1-11-5-6-13(15-2)12(9-11)14-10-17(3)8-4-7-16-14/h5-6,9,14-16H,4,7-8,10H2,1-3H3/t14-/m0/s1. The van der Waals surface area contributed by atoms with Crippen molar-refractivity contribution in [2.75, 3.05) is 39.0 Å². The number of aryl methyl sites for hydroxylation is 1. The van der Waals surface area contributed by atoms with E-state index in [9.17, 15) is 0 Å². The highest BCUT2D eigenvalue weighted by atomic mass is 15.1. The maximum Gasteiger partial charge on any atom is 0.0469 e. The van der Waals surface area contributed by atoms with E-state index in [0.717, 1.165) is 13.1 Å². The second-order valence-electron chi connectivity index (χ2n) is 4.96. The highest BCUT2D eigenvalue weighted by Gasteiger charge is 2.19. The first-order chi connectivity index (χ1) is 8.20. The highest BCUT2D eigenvalue weighted by Crippen LogP contribution is 2.25. The molecule has 0 unspecified atom stereocenters. The molecule has 1 saturated heterocycles. The van der Waals surface area contributed by atoms with Crippen molar-refractivity contribution in [3.05, 3.63) is 29.3 Å². The number of hydrogen-bond acceptors (Lipinski definition) is 3. The third-order valence-corrected chi connectivity index (χ3v) is 3.45. The van der Waals surface area contributed by atoms with Gasteiger partial charge in [-0.15, -0.1) is 0 Å². The van der Waals surface area contributed by atoms with Crippen LogP contribution in [0, 0.1) is 6.92 Å². The Balaban J connectivity index is 2.27. The van der Waals surface area contributed by atoms with Gasteiger partial charge >= 0.3 is 0 Å². The number of nitrogens with one attached hydrogen (secondary N) is 2. The van der Waals surface area contributed by atoms with Crippen molar-refractivity contribution in [1.29, 1.82) is 0 Å². The number of nitrogens with zero attached hydrogens (tertiary/aromatic N) is 1. The number of likely N-dealkylation sites (N-methyl/N-ethyl adjacent to an activating group) is 1. The average Bonchev–Trinajstić information content (AvgIpc) is 2.54. The van der Waals surface area contributed by atoms with Crippen LogP contribution in [0.4, 0.5) is 5.69 Å². The first-order valence-corrected chi connectivity index (χ1v) is 6.41. The largest absolute Gasteiger partial charge is 0.388 e. The lowest BCUT2D eigenvalue weighted by atomic mass is 10.0. The first kappa shape index (κ1) is 12.4. The van der Waals surface area contributed by atoms with Crippen molar-refractivity contribution < 1.29 is 0 Å². The molecule has 1 aliphatic rings. The maximum atomic E-state index is 3.65. The molecule has 0 spiro atoms. The van der Waals surface area contributed by atoms with Crippen molar-refractivity contribution >= 4 is 5.69 Å². The fraction of sp³-hybridized carbons (Fsp3) is 0.571. The van der Waals surface area contributed by atoms with Gasteiger partial charge in [0.1, 0.15) is 0 Å². The summed E-state index contributed by atoms with van der Waals surface area (Å²) in [5.41, 5.74) is 3.96. The summed E-state index contributed by atoms with van der Waals surface area (Å²) in [5, 5.41) is 6.95. The summed E-state index contributed by atoms with van der Waals surface area (Å²) in [6.07, 6.45) is 1.23. The monoisotopic (exact) mass is 233 g/mol. The van der Waals surface area contributed by atoms with Crippen LogP contribution < -0.4 is 10.6 Å². The van der Waals surface area contributed by atoms with E-state index in [0.29, 0.717) is 6.04 Å². The van der Waals surface area contributed by atoms with Gasteiger partial charge in [-0.25, -0.2) is 0 Å². The Kier molecular flexibility index (Phi) is 4.02. The molecule has 1 atom stereocenters. The van der Waals surface area contributed by atoms with Crippen LogP contribution in [-0.4, -0.2) is 38.6 Å². The van der Waals surface area contributed by atoms with Crippen molar-refractivity contribution in [2.24, 2.45) is 0 Å². The van der Waals surface area contributed by atoms with E-state index in [1.54, 1.807) is 0 Å². The van der Waals surface area contributed by atoms with Gasteiger partial charge in [0.2, 0.25) is 0 Å². The van der Waals surface area contributed by atoms with Crippen LogP contribution in [0.15, 0.2) is 18.2 Å². The van der Waals surface area contributed by atoms with Crippen LogP contribution in [0.3, 0.4) is 0 Å². The molecule has 0 saturated carbocycles. The van der Waals surface area contributed by atoms with Gasteiger partial charge in [-0.2, -0.15) is 0 Å². The fourth-order valence-corrected chi connectivity index (χ4v) is 2.50. The van der Waals surface area contributed by atoms with Crippen LogP contribution in [0.25, 0.3) is 0 Å². The lowest BCUT2D eigenvalue weighted by molar-refractivity contribution is 0.327. The maximum absolute atomic E-state index is 3.65. The molecule has 0 radical (unpaired) electrons. The molecule has 0 bridgehead atoms. The fourth-order valence-electron chi connectivity index (χ4n) is 2.50. The van der Waals surface area contributed by atoms with E-state index in [4.69, 9.17) is 0 Å². The van der Waals surface area contributed by atoms with Crippen molar-refractivity contribution in [2.45, 2.75) is 19.4 Å². The molecular formula is C14H23N3. The normalized spacial score (nSPS) is 22.2. The Hall–Kier alpha value is -1.06. The second kappa shape index (κ2) is 5.52. The Morgan fingerprint density at radius 2 is 2.24 bits per heavy atom. The lowest BCUT2D eigenvalue weighted by Gasteiger charge is -2.23. The molecule has 2 N–H and O–H groups in total. The van der Waals surface area contributed by atoms with Crippen LogP contribution >= 0.6 is 0 Å². The van der Waals surface area contributed by atoms with Crippen LogP contribution in [-0.2, 0) is 0 Å². The molecule has 1 aromatic rings. The molecule has 1 aromatic carbocycles. The molecule has 1 heterocycles. The SMILES string of the molecule is CNc1ccc(C)cc1[C@@H]1CN(C)CCCN1. The van der Waals surface area contributed by atoms with E-state index >= 15 is 0 Å². The molecule has 17 heavy (non-hydrogen) atoms. The Labute approximate surface area is 104 Å². The summed E-state index contributed by atoms with van der Waals surface area (Å²) in [4.78, 5) is 2.41. The quantitative estimate of drug-likeness (QED) is 0.818. The number of rotatable bonds is 2. The predicted molar refractivity (Wildman–Crippen MR) is 73.6 cm³/mol. The molecule has 0 amide bonds. The Bertz CT molecular complexity index is 376. The van der Waals surface area contributed by atoms with E-state index in [1.165, 1.54) is 29.8 Å². The van der Waals surface area contributed by atoms with Crippen LogP contribution in [0.2, 0.25) is 0 Å². The van der Waals surface area contributed by atoms with Gasteiger partial charge in [0, 0.05) is 25.3 Å². The Morgan fingerprint density at radius 3 is 3.00 bits per heavy atom. The molecule has 3 heteroatoms. The van der Waals surface area contributed by atoms with Gasteiger partial charge in [-0.05, 0) is 45.1 Å². The van der Waals surface area contributed by atoms with Crippen LogP contribution in [0.1, 0.15) is 23.6 Å². The minimum atomic E-state index is 0.435. The minimum absolute atomic E-state index is 0.435.